The van der Waals surface area contributed by atoms with E-state index in [0.717, 1.165) is 0 Å². The molecule has 30 heavy (non-hydrogen) atoms. The molecule has 162 valence electrons. The Bertz CT molecular complexity index is 1050. The van der Waals surface area contributed by atoms with Crippen molar-refractivity contribution in [2.24, 2.45) is 0 Å². The smallest absolute Gasteiger partial charge is 0.340 e. The third-order valence-corrected chi connectivity index (χ3v) is 7.03. The van der Waals surface area contributed by atoms with Crippen molar-refractivity contribution in [1.29, 1.82) is 0 Å². The van der Waals surface area contributed by atoms with Crippen molar-refractivity contribution in [3.63, 3.8) is 0 Å². The van der Waals surface area contributed by atoms with Crippen molar-refractivity contribution in [2.75, 3.05) is 25.0 Å². The largest absolute Gasteiger partial charge is 0.452 e. The Morgan fingerprint density at radius 1 is 1.07 bits per heavy atom. The Morgan fingerprint density at radius 3 is 2.37 bits per heavy atom. The molecule has 0 bridgehead atoms. The molecule has 0 aliphatic heterocycles. The summed E-state index contributed by atoms with van der Waals surface area (Å²) in [5.41, 5.74) is 0.870. The highest BCUT2D eigenvalue weighted by molar-refractivity contribution is 7.89. The number of hydrogen-bond donors (Lipinski definition) is 1. The van der Waals surface area contributed by atoms with E-state index in [1.54, 1.807) is 32.9 Å². The van der Waals surface area contributed by atoms with E-state index in [1.807, 2.05) is 0 Å². The molecule has 0 unspecified atom stereocenters. The number of nitrogens with one attached hydrogen (secondary N) is 1. The van der Waals surface area contributed by atoms with Gasteiger partial charge in [0.25, 0.3) is 5.91 Å². The van der Waals surface area contributed by atoms with Crippen LogP contribution in [0.5, 0.6) is 0 Å². The minimum atomic E-state index is -3.69. The Kier molecular flexibility index (Phi) is 8.25. The summed E-state index contributed by atoms with van der Waals surface area (Å²) < 4.78 is 31.9. The highest BCUT2D eigenvalue weighted by Crippen LogP contribution is 2.24. The average molecular weight is 473 g/mol. The minimum Gasteiger partial charge on any atom is -0.452 e. The first-order valence-electron chi connectivity index (χ1n) is 9.13. The lowest BCUT2D eigenvalue weighted by Crippen LogP contribution is -2.31. The zero-order valence-corrected chi connectivity index (χ0v) is 19.1. The van der Waals surface area contributed by atoms with Crippen LogP contribution in [0.4, 0.5) is 5.69 Å². The third kappa shape index (κ3) is 5.72. The van der Waals surface area contributed by atoms with Gasteiger partial charge in [-0.2, -0.15) is 4.31 Å². The predicted octanol–water partition coefficient (Wildman–Crippen LogP) is 4.13. The van der Waals surface area contributed by atoms with Gasteiger partial charge in [0.15, 0.2) is 6.61 Å². The van der Waals surface area contributed by atoms with E-state index in [9.17, 15) is 18.0 Å². The van der Waals surface area contributed by atoms with Crippen LogP contribution in [0.25, 0.3) is 0 Å². The third-order valence-electron chi connectivity index (χ3n) is 4.28. The highest BCUT2D eigenvalue weighted by Gasteiger charge is 2.24. The second-order valence-electron chi connectivity index (χ2n) is 6.32. The van der Waals surface area contributed by atoms with Gasteiger partial charge >= 0.3 is 5.97 Å². The summed E-state index contributed by atoms with van der Waals surface area (Å²) in [6, 6.07) is 8.87. The van der Waals surface area contributed by atoms with Crippen LogP contribution in [0, 0.1) is 6.92 Å². The van der Waals surface area contributed by atoms with Crippen molar-refractivity contribution in [3.8, 4) is 0 Å². The van der Waals surface area contributed by atoms with Crippen molar-refractivity contribution in [2.45, 2.75) is 25.7 Å². The van der Waals surface area contributed by atoms with Gasteiger partial charge in [-0.3, -0.25) is 4.79 Å². The fourth-order valence-corrected chi connectivity index (χ4v) is 4.79. The second-order valence-corrected chi connectivity index (χ2v) is 9.07. The van der Waals surface area contributed by atoms with Crippen molar-refractivity contribution in [3.05, 3.63) is 57.6 Å². The minimum absolute atomic E-state index is 0.0416. The average Bonchev–Trinajstić information content (AvgIpc) is 2.70. The highest BCUT2D eigenvalue weighted by atomic mass is 35.5. The predicted molar refractivity (Wildman–Crippen MR) is 117 cm³/mol. The van der Waals surface area contributed by atoms with Gasteiger partial charge < -0.3 is 10.1 Å². The first-order valence-corrected chi connectivity index (χ1v) is 11.3. The molecule has 1 N–H and O–H groups in total. The topological polar surface area (TPSA) is 92.8 Å². The zero-order valence-electron chi connectivity index (χ0n) is 16.7. The van der Waals surface area contributed by atoms with E-state index in [2.05, 4.69) is 5.32 Å². The lowest BCUT2D eigenvalue weighted by molar-refractivity contribution is -0.119. The number of hydrogen-bond acceptors (Lipinski definition) is 5. The number of esters is 1. The molecule has 0 aliphatic carbocycles. The van der Waals surface area contributed by atoms with E-state index in [-0.39, 0.29) is 21.2 Å². The standard InChI is InChI=1S/C20H22Cl2N2O5S/c1-4-24(5-2)30(27,28)18-11-15(8-6-13(18)3)23-19(25)12-29-20(26)16-10-14(21)7-9-17(16)22/h6-11H,4-5,12H2,1-3H3,(H,23,25). The summed E-state index contributed by atoms with van der Waals surface area (Å²) in [6.45, 7) is 5.27. The number of sulfonamides is 1. The van der Waals surface area contributed by atoms with Crippen LogP contribution >= 0.6 is 23.2 Å². The molecule has 7 nitrogen and oxygen atoms in total. The summed E-state index contributed by atoms with van der Waals surface area (Å²) in [5, 5.41) is 2.98. The Hall–Kier alpha value is -2.13. The molecular weight excluding hydrogens is 451 g/mol. The number of carbonyl (C=O) groups is 2. The second kappa shape index (κ2) is 10.3. The quantitative estimate of drug-likeness (QED) is 0.582. The molecule has 2 aromatic carbocycles. The lowest BCUT2D eigenvalue weighted by atomic mass is 10.2. The zero-order chi connectivity index (χ0) is 22.5. The summed E-state index contributed by atoms with van der Waals surface area (Å²) in [6.07, 6.45) is 0. The van der Waals surface area contributed by atoms with E-state index >= 15 is 0 Å². The van der Waals surface area contributed by atoms with Gasteiger partial charge in [-0.05, 0) is 42.8 Å². The Labute approximate surface area is 186 Å². The molecule has 1 amide bonds. The van der Waals surface area contributed by atoms with E-state index in [1.165, 1.54) is 28.6 Å². The van der Waals surface area contributed by atoms with Gasteiger partial charge in [0.05, 0.1) is 15.5 Å². The first-order chi connectivity index (χ1) is 14.1. The van der Waals surface area contributed by atoms with E-state index in [4.69, 9.17) is 27.9 Å². The van der Waals surface area contributed by atoms with Crippen molar-refractivity contribution in [1.82, 2.24) is 4.31 Å². The molecule has 2 rings (SSSR count). The molecule has 0 atom stereocenters. The summed E-state index contributed by atoms with van der Waals surface area (Å²) in [7, 11) is -3.69. The van der Waals surface area contributed by atoms with Gasteiger partial charge in [0.1, 0.15) is 0 Å². The summed E-state index contributed by atoms with van der Waals surface area (Å²) >= 11 is 11.8. The molecule has 10 heteroatoms. The van der Waals surface area contributed by atoms with Crippen LogP contribution in [-0.2, 0) is 19.6 Å². The number of rotatable bonds is 8. The van der Waals surface area contributed by atoms with Crippen LogP contribution < -0.4 is 5.32 Å². The van der Waals surface area contributed by atoms with E-state index < -0.39 is 28.5 Å². The fraction of sp³-hybridized carbons (Fsp3) is 0.300. The van der Waals surface area contributed by atoms with Gasteiger partial charge in [-0.1, -0.05) is 43.1 Å². The number of anilines is 1. The molecule has 0 radical (unpaired) electrons. The summed E-state index contributed by atoms with van der Waals surface area (Å²) in [5.74, 6) is -1.43. The fourth-order valence-electron chi connectivity index (χ4n) is 2.72. The number of benzene rings is 2. The molecule has 2 aromatic rings. The molecule has 0 aliphatic rings. The number of carbonyl (C=O) groups excluding carboxylic acids is 2. The van der Waals surface area contributed by atoms with E-state index in [0.29, 0.717) is 23.7 Å². The maximum Gasteiger partial charge on any atom is 0.340 e. The van der Waals surface area contributed by atoms with Gasteiger partial charge in [-0.25, -0.2) is 13.2 Å². The molecule has 0 saturated carbocycles. The Morgan fingerprint density at radius 2 is 1.73 bits per heavy atom. The molecule has 0 spiro atoms. The van der Waals surface area contributed by atoms with Gasteiger partial charge in [0, 0.05) is 23.8 Å². The summed E-state index contributed by atoms with van der Waals surface area (Å²) in [4.78, 5) is 24.4. The SMILES string of the molecule is CCN(CC)S(=O)(=O)c1cc(NC(=O)COC(=O)c2cc(Cl)ccc2Cl)ccc1C. The lowest BCUT2D eigenvalue weighted by Gasteiger charge is -2.20. The van der Waals surface area contributed by atoms with Crippen LogP contribution in [0.3, 0.4) is 0 Å². The molecule has 0 heterocycles. The molecule has 0 fully saturated rings. The molecule has 0 saturated heterocycles. The maximum absolute atomic E-state index is 12.8. The van der Waals surface area contributed by atoms with Crippen LogP contribution in [-0.4, -0.2) is 44.3 Å². The monoisotopic (exact) mass is 472 g/mol. The van der Waals surface area contributed by atoms with Crippen molar-refractivity contribution < 1.29 is 22.7 Å². The van der Waals surface area contributed by atoms with Gasteiger partial charge in [0.2, 0.25) is 10.0 Å². The number of aryl methyl sites for hydroxylation is 1. The number of ether oxygens (including phenoxy) is 1. The van der Waals surface area contributed by atoms with Crippen LogP contribution in [0.15, 0.2) is 41.3 Å². The normalized spacial score (nSPS) is 11.4. The number of halogens is 2. The van der Waals surface area contributed by atoms with Gasteiger partial charge in [-0.15, -0.1) is 0 Å². The number of amides is 1. The Balaban J connectivity index is 2.10. The number of nitrogens with zero attached hydrogens (tertiary/aromatic N) is 1. The van der Waals surface area contributed by atoms with Crippen LogP contribution in [0.2, 0.25) is 10.0 Å². The van der Waals surface area contributed by atoms with Crippen LogP contribution in [0.1, 0.15) is 29.8 Å². The first kappa shape index (κ1) is 24.1. The maximum atomic E-state index is 12.8. The molecule has 0 aromatic heterocycles. The van der Waals surface area contributed by atoms with Crippen molar-refractivity contribution >= 4 is 50.8 Å². The molecular formula is C20H22Cl2N2O5S.